The van der Waals surface area contributed by atoms with Crippen LogP contribution in [0.1, 0.15) is 47.9 Å². The van der Waals surface area contributed by atoms with Crippen LogP contribution in [0, 0.1) is 0 Å². The SMILES string of the molecule is C1=CCC(CCc2cc3c(cc2CCC2=CC=CC2)-c2ccccc2C3)=C1. The summed E-state index contributed by atoms with van der Waals surface area (Å²) < 4.78 is 0. The van der Waals surface area contributed by atoms with E-state index in [9.17, 15) is 0 Å². The van der Waals surface area contributed by atoms with Gasteiger partial charge in [-0.05, 0) is 78.3 Å². The predicted molar refractivity (Wildman–Crippen MR) is 115 cm³/mol. The van der Waals surface area contributed by atoms with Crippen LogP contribution in [0.2, 0.25) is 0 Å². The highest BCUT2D eigenvalue weighted by Gasteiger charge is 2.20. The molecule has 2 aromatic rings. The van der Waals surface area contributed by atoms with E-state index in [1.54, 1.807) is 22.3 Å². The highest BCUT2D eigenvalue weighted by atomic mass is 14.2. The predicted octanol–water partition coefficient (Wildman–Crippen LogP) is 6.90. The molecule has 0 saturated heterocycles. The van der Waals surface area contributed by atoms with Gasteiger partial charge in [-0.15, -0.1) is 0 Å². The smallest absolute Gasteiger partial charge is 0.00134 e. The van der Waals surface area contributed by atoms with Crippen LogP contribution in [-0.4, -0.2) is 0 Å². The molecular weight excluding hydrogens is 324 g/mol. The van der Waals surface area contributed by atoms with Crippen molar-refractivity contribution in [2.75, 3.05) is 0 Å². The molecule has 0 nitrogen and oxygen atoms in total. The van der Waals surface area contributed by atoms with E-state index in [2.05, 4.69) is 72.9 Å². The number of hydrogen-bond acceptors (Lipinski definition) is 0. The second-order valence-corrected chi connectivity index (χ2v) is 8.03. The van der Waals surface area contributed by atoms with Gasteiger partial charge < -0.3 is 0 Å². The Kier molecular flexibility index (Phi) is 4.41. The maximum Gasteiger partial charge on any atom is -0.00134 e. The van der Waals surface area contributed by atoms with Crippen LogP contribution >= 0.6 is 0 Å². The van der Waals surface area contributed by atoms with Crippen molar-refractivity contribution in [3.63, 3.8) is 0 Å². The molecule has 134 valence electrons. The lowest BCUT2D eigenvalue weighted by molar-refractivity contribution is 0.863. The van der Waals surface area contributed by atoms with Gasteiger partial charge in [0.05, 0.1) is 0 Å². The summed E-state index contributed by atoms with van der Waals surface area (Å²) >= 11 is 0. The molecule has 0 atom stereocenters. The van der Waals surface area contributed by atoms with E-state index in [0.717, 1.165) is 25.7 Å². The summed E-state index contributed by atoms with van der Waals surface area (Å²) in [6, 6.07) is 14.0. The van der Waals surface area contributed by atoms with E-state index < -0.39 is 0 Å². The Morgan fingerprint density at radius 2 is 1.30 bits per heavy atom. The summed E-state index contributed by atoms with van der Waals surface area (Å²) in [5.41, 5.74) is 12.2. The summed E-state index contributed by atoms with van der Waals surface area (Å²) in [5, 5.41) is 0. The Balaban J connectivity index is 1.44. The lowest BCUT2D eigenvalue weighted by atomic mass is 9.91. The first-order chi connectivity index (χ1) is 13.4. The topological polar surface area (TPSA) is 0 Å². The molecule has 3 aliphatic carbocycles. The highest BCUT2D eigenvalue weighted by Crippen LogP contribution is 2.39. The molecule has 2 aromatic carbocycles. The maximum atomic E-state index is 2.52. The average molecular weight is 351 g/mol. The van der Waals surface area contributed by atoms with Crippen LogP contribution in [0.3, 0.4) is 0 Å². The van der Waals surface area contributed by atoms with Crippen LogP contribution in [0.15, 0.2) is 84.0 Å². The Bertz CT molecular complexity index is 995. The number of rotatable bonds is 6. The first-order valence-corrected chi connectivity index (χ1v) is 10.3. The second-order valence-electron chi connectivity index (χ2n) is 8.03. The molecule has 0 aliphatic heterocycles. The van der Waals surface area contributed by atoms with E-state index in [1.807, 2.05) is 0 Å². The summed E-state index contributed by atoms with van der Waals surface area (Å²) in [4.78, 5) is 0. The number of hydrogen-bond donors (Lipinski definition) is 0. The Morgan fingerprint density at radius 3 is 1.96 bits per heavy atom. The van der Waals surface area contributed by atoms with Gasteiger partial charge in [0.15, 0.2) is 0 Å². The number of allylic oxidation sites excluding steroid dienone is 8. The normalized spacial score (nSPS) is 16.4. The molecule has 3 aliphatic rings. The van der Waals surface area contributed by atoms with E-state index in [0.29, 0.717) is 0 Å². The molecule has 0 bridgehead atoms. The number of aryl methyl sites for hydroxylation is 2. The van der Waals surface area contributed by atoms with Crippen LogP contribution in [0.25, 0.3) is 11.1 Å². The summed E-state index contributed by atoms with van der Waals surface area (Å²) in [6.07, 6.45) is 21.6. The van der Waals surface area contributed by atoms with Crippen molar-refractivity contribution in [1.82, 2.24) is 0 Å². The van der Waals surface area contributed by atoms with Crippen molar-refractivity contribution < 1.29 is 0 Å². The lowest BCUT2D eigenvalue weighted by Gasteiger charge is -2.14. The molecular formula is C27H26. The third kappa shape index (κ3) is 3.37. The quantitative estimate of drug-likeness (QED) is 0.454. The molecule has 0 fully saturated rings. The van der Waals surface area contributed by atoms with Crippen LogP contribution in [0.5, 0.6) is 0 Å². The second kappa shape index (κ2) is 7.19. The Hall–Kier alpha value is -2.60. The fourth-order valence-electron chi connectivity index (χ4n) is 4.69. The van der Waals surface area contributed by atoms with Gasteiger partial charge in [0, 0.05) is 0 Å². The zero-order valence-corrected chi connectivity index (χ0v) is 15.9. The van der Waals surface area contributed by atoms with Gasteiger partial charge in [-0.1, -0.05) is 84.0 Å². The number of benzene rings is 2. The van der Waals surface area contributed by atoms with Crippen LogP contribution in [0.4, 0.5) is 0 Å². The summed E-state index contributed by atoms with van der Waals surface area (Å²) in [6.45, 7) is 0. The van der Waals surface area contributed by atoms with E-state index >= 15 is 0 Å². The van der Waals surface area contributed by atoms with Crippen LogP contribution < -0.4 is 0 Å². The van der Waals surface area contributed by atoms with Crippen molar-refractivity contribution in [3.05, 3.63) is 106 Å². The summed E-state index contributed by atoms with van der Waals surface area (Å²) in [5.74, 6) is 0. The monoisotopic (exact) mass is 350 g/mol. The molecule has 0 aromatic heterocycles. The van der Waals surface area contributed by atoms with Gasteiger partial charge in [-0.2, -0.15) is 0 Å². The van der Waals surface area contributed by atoms with Crippen molar-refractivity contribution in [1.29, 1.82) is 0 Å². The minimum absolute atomic E-state index is 1.10. The van der Waals surface area contributed by atoms with Crippen molar-refractivity contribution in [2.24, 2.45) is 0 Å². The highest BCUT2D eigenvalue weighted by molar-refractivity contribution is 5.77. The molecule has 0 radical (unpaired) electrons. The van der Waals surface area contributed by atoms with Crippen LogP contribution in [-0.2, 0) is 19.3 Å². The van der Waals surface area contributed by atoms with Gasteiger partial charge in [0.25, 0.3) is 0 Å². The fraction of sp³-hybridized carbons (Fsp3) is 0.259. The fourth-order valence-corrected chi connectivity index (χ4v) is 4.69. The zero-order chi connectivity index (χ0) is 18.1. The number of fused-ring (bicyclic) bond motifs is 3. The van der Waals surface area contributed by atoms with Gasteiger partial charge in [0.1, 0.15) is 0 Å². The third-order valence-corrected chi connectivity index (χ3v) is 6.24. The molecule has 0 heterocycles. The Morgan fingerprint density at radius 1 is 0.630 bits per heavy atom. The van der Waals surface area contributed by atoms with E-state index in [1.165, 1.54) is 41.5 Å². The van der Waals surface area contributed by atoms with Crippen molar-refractivity contribution in [3.8, 4) is 11.1 Å². The molecule has 27 heavy (non-hydrogen) atoms. The van der Waals surface area contributed by atoms with E-state index in [4.69, 9.17) is 0 Å². The van der Waals surface area contributed by atoms with Gasteiger partial charge in [-0.3, -0.25) is 0 Å². The molecule has 0 N–H and O–H groups in total. The first kappa shape index (κ1) is 16.6. The minimum atomic E-state index is 1.10. The average Bonchev–Trinajstić information content (AvgIpc) is 3.45. The largest absolute Gasteiger partial charge is 0.0805 e. The molecule has 0 spiro atoms. The first-order valence-electron chi connectivity index (χ1n) is 10.3. The van der Waals surface area contributed by atoms with E-state index in [-0.39, 0.29) is 0 Å². The molecule has 0 amide bonds. The minimum Gasteiger partial charge on any atom is -0.0805 e. The molecule has 0 saturated carbocycles. The van der Waals surface area contributed by atoms with Gasteiger partial charge in [-0.25, -0.2) is 0 Å². The van der Waals surface area contributed by atoms with Gasteiger partial charge in [0.2, 0.25) is 0 Å². The van der Waals surface area contributed by atoms with Crippen molar-refractivity contribution >= 4 is 0 Å². The molecule has 0 heteroatoms. The maximum absolute atomic E-state index is 2.52. The molecule has 5 rings (SSSR count). The Labute approximate surface area is 162 Å². The summed E-state index contributed by atoms with van der Waals surface area (Å²) in [7, 11) is 0. The standard InChI is InChI=1S/C27H26/c1-2-8-20(7-1)13-15-22-17-25-18-24-11-5-6-12-26(24)27(25)19-23(22)16-14-21-9-3-4-10-21/h1-7,9,11-12,17,19H,8,10,13-16,18H2. The van der Waals surface area contributed by atoms with Gasteiger partial charge >= 0.3 is 0 Å². The lowest BCUT2D eigenvalue weighted by Crippen LogP contribution is -1.99. The zero-order valence-electron chi connectivity index (χ0n) is 15.9. The van der Waals surface area contributed by atoms with Crippen molar-refractivity contribution in [2.45, 2.75) is 44.9 Å². The molecule has 0 unspecified atom stereocenters. The third-order valence-electron chi connectivity index (χ3n) is 6.24.